The van der Waals surface area contributed by atoms with Gasteiger partial charge in [0.1, 0.15) is 62.8 Å². The summed E-state index contributed by atoms with van der Waals surface area (Å²) in [5.41, 5.74) is 0. The molecule has 0 saturated carbocycles. The molecule has 0 bridgehead atoms. The van der Waals surface area contributed by atoms with Crippen LogP contribution in [0, 0.1) is 0 Å². The molecule has 0 radical (unpaired) electrons. The van der Waals surface area contributed by atoms with E-state index in [1.165, 1.54) is 0 Å². The van der Waals surface area contributed by atoms with Crippen molar-refractivity contribution >= 4 is 62.8 Å². The number of nitrogens with zero attached hydrogens (tertiary/aromatic N) is 1. The Kier molecular flexibility index (Phi) is 3.37. The zero-order chi connectivity index (χ0) is 13.0. The Morgan fingerprint density at radius 3 is 1.38 bits per heavy atom. The van der Waals surface area contributed by atoms with E-state index in [9.17, 15) is 0 Å². The van der Waals surface area contributed by atoms with E-state index >= 15 is 0 Å². The first-order chi connectivity index (χ1) is 6.90. The van der Waals surface area contributed by atoms with Crippen LogP contribution in [0.5, 0.6) is 0 Å². The van der Waals surface area contributed by atoms with Gasteiger partial charge in [-0.15, -0.1) is 0 Å². The lowest BCUT2D eigenvalue weighted by Gasteiger charge is -2.69. The predicted molar refractivity (Wildman–Crippen MR) is 94.8 cm³/mol. The van der Waals surface area contributed by atoms with Gasteiger partial charge < -0.3 is 10.2 Å². The minimum atomic E-state index is 0.113. The van der Waals surface area contributed by atoms with Crippen molar-refractivity contribution in [1.29, 1.82) is 0 Å². The highest BCUT2D eigenvalue weighted by atomic mass is 15.3. The van der Waals surface area contributed by atoms with Crippen LogP contribution in [-0.2, 0) is 0 Å². The number of hydrogen-bond donors (Lipinski definition) is 1. The van der Waals surface area contributed by atoms with Gasteiger partial charge in [-0.05, 0) is 27.9 Å². The van der Waals surface area contributed by atoms with Gasteiger partial charge in [-0.25, -0.2) is 0 Å². The van der Waals surface area contributed by atoms with Crippen molar-refractivity contribution in [3.63, 3.8) is 0 Å². The van der Waals surface area contributed by atoms with Gasteiger partial charge in [0.2, 0.25) is 0 Å². The zero-order valence-electron chi connectivity index (χ0n) is 12.7. The molecule has 80 valence electrons. The summed E-state index contributed by atoms with van der Waals surface area (Å²) < 4.78 is 0. The molecule has 1 aliphatic heterocycles. The summed E-state index contributed by atoms with van der Waals surface area (Å²) in [6.07, 6.45) is 0. The van der Waals surface area contributed by atoms with Crippen molar-refractivity contribution in [2.24, 2.45) is 0 Å². The van der Waals surface area contributed by atoms with Crippen LogP contribution in [0.3, 0.4) is 0 Å². The molecule has 0 aromatic carbocycles. The second kappa shape index (κ2) is 3.71. The number of rotatable bonds is 1. The van der Waals surface area contributed by atoms with Gasteiger partial charge in [-0.2, -0.15) is 0 Å². The van der Waals surface area contributed by atoms with Crippen molar-refractivity contribution in [3.8, 4) is 0 Å². The molecule has 1 heterocycles. The van der Waals surface area contributed by atoms with Crippen molar-refractivity contribution in [2.45, 2.75) is 28.3 Å². The number of likely N-dealkylation sites (N-methyl/N-ethyl adjacent to an activating group) is 1. The fraction of sp³-hybridized carbons (Fsp3) is 1.00. The molecule has 0 aliphatic carbocycles. The molecule has 0 aromatic rings. The van der Waals surface area contributed by atoms with Crippen LogP contribution >= 0.6 is 0 Å². The Bertz CT molecular complexity index is 262. The molecule has 0 aromatic heterocycles. The summed E-state index contributed by atoms with van der Waals surface area (Å²) in [6, 6.07) is 0. The van der Waals surface area contributed by atoms with E-state index < -0.39 is 0 Å². The van der Waals surface area contributed by atoms with E-state index in [1.54, 1.807) is 0 Å². The van der Waals surface area contributed by atoms with Gasteiger partial charge in [0.25, 0.3) is 0 Å². The predicted octanol–water partition coefficient (Wildman–Crippen LogP) is -8.41. The Morgan fingerprint density at radius 1 is 0.812 bits per heavy atom. The van der Waals surface area contributed by atoms with Gasteiger partial charge in [-0.3, -0.25) is 0 Å². The minimum absolute atomic E-state index is 0.113. The Hall–Kier alpha value is 0.439. The maximum atomic E-state index is 3.84. The normalized spacial score (nSPS) is 30.8. The van der Waals surface area contributed by atoms with Crippen molar-refractivity contribution in [3.05, 3.63) is 0 Å². The maximum absolute atomic E-state index is 3.84. The van der Waals surface area contributed by atoms with E-state index in [1.807, 2.05) is 0 Å². The number of nitrogens with one attached hydrogen (secondary N) is 1. The average Bonchev–Trinajstić information content (AvgIpc) is 1.99. The molecular formula is C6H22B8N2. The summed E-state index contributed by atoms with van der Waals surface area (Å²) in [7, 11) is 18.6. The first kappa shape index (κ1) is 14.5. The lowest BCUT2D eigenvalue weighted by Crippen LogP contribution is -2.91. The Morgan fingerprint density at radius 2 is 1.12 bits per heavy atom. The van der Waals surface area contributed by atoms with E-state index in [4.69, 9.17) is 0 Å². The molecule has 0 atom stereocenters. The Balaban J connectivity index is 3.29. The van der Waals surface area contributed by atoms with Crippen LogP contribution in [0.4, 0.5) is 0 Å². The van der Waals surface area contributed by atoms with Crippen LogP contribution in [0.2, 0.25) is 0 Å². The van der Waals surface area contributed by atoms with Crippen LogP contribution < -0.4 is 5.32 Å². The monoisotopic (exact) mass is 210 g/mol. The summed E-state index contributed by atoms with van der Waals surface area (Å²) >= 11 is 0. The number of hydrogen-bond acceptors (Lipinski definition) is 2. The molecule has 1 saturated heterocycles. The van der Waals surface area contributed by atoms with Crippen LogP contribution in [0.25, 0.3) is 0 Å². The van der Waals surface area contributed by atoms with Gasteiger partial charge >= 0.3 is 0 Å². The quantitative estimate of drug-likeness (QED) is 0.431. The molecule has 2 nitrogen and oxygen atoms in total. The largest absolute Gasteiger partial charge is 0.336 e. The molecule has 1 rings (SSSR count). The fourth-order valence-electron chi connectivity index (χ4n) is 3.25. The molecule has 10 heteroatoms. The minimum Gasteiger partial charge on any atom is -0.336 e. The fourth-order valence-corrected chi connectivity index (χ4v) is 3.25. The highest BCUT2D eigenvalue weighted by Gasteiger charge is 2.56. The topological polar surface area (TPSA) is 15.3 Å². The summed E-state index contributed by atoms with van der Waals surface area (Å²) in [4.78, 5) is 2.64. The highest BCUT2D eigenvalue weighted by Crippen LogP contribution is 2.34. The van der Waals surface area contributed by atoms with E-state index in [-0.39, 0.29) is 21.4 Å². The van der Waals surface area contributed by atoms with E-state index in [0.717, 1.165) is 6.54 Å². The van der Waals surface area contributed by atoms with E-state index in [0.29, 0.717) is 0 Å². The molecule has 0 amide bonds. The second-order valence-electron chi connectivity index (χ2n) is 7.24. The van der Waals surface area contributed by atoms with Gasteiger partial charge in [0, 0.05) is 0 Å². The molecular weight excluding hydrogens is 187 g/mol. The first-order valence-corrected chi connectivity index (χ1v) is 6.47. The average molecular weight is 209 g/mol. The molecule has 1 aliphatic rings. The standard InChI is InChI=1S/C6H22B8N2/c1-2-16-5(11,12)3(7,8)15-4(9,10)6(16,13)14/h15H,2,7-14H2,1H3. The molecule has 0 spiro atoms. The summed E-state index contributed by atoms with van der Waals surface area (Å²) in [5, 5.41) is 4.37. The lowest BCUT2D eigenvalue weighted by molar-refractivity contribution is 0.0918. The third kappa shape index (κ3) is 1.77. The maximum Gasteiger partial charge on any atom is 0.117 e. The molecule has 1 N–H and O–H groups in total. The smallest absolute Gasteiger partial charge is 0.117 e. The van der Waals surface area contributed by atoms with Crippen LogP contribution in [-0.4, -0.2) is 95.6 Å². The molecule has 1 fully saturated rings. The van der Waals surface area contributed by atoms with Gasteiger partial charge in [0.15, 0.2) is 0 Å². The number of piperazine rings is 1. The molecule has 0 unspecified atom stereocenters. The first-order valence-electron chi connectivity index (χ1n) is 6.47. The zero-order valence-corrected chi connectivity index (χ0v) is 12.7. The summed E-state index contributed by atoms with van der Waals surface area (Å²) in [5.74, 6) is 0. The van der Waals surface area contributed by atoms with Crippen molar-refractivity contribution in [1.82, 2.24) is 10.2 Å². The Labute approximate surface area is 108 Å². The molecule has 16 heavy (non-hydrogen) atoms. The van der Waals surface area contributed by atoms with Crippen molar-refractivity contribution < 1.29 is 0 Å². The van der Waals surface area contributed by atoms with Gasteiger partial charge in [-0.1, -0.05) is 6.92 Å². The third-order valence-corrected chi connectivity index (χ3v) is 5.35. The van der Waals surface area contributed by atoms with Gasteiger partial charge in [0.05, 0.1) is 0 Å². The van der Waals surface area contributed by atoms with Crippen LogP contribution in [0.15, 0.2) is 0 Å². The SMILES string of the molecule is BC1(B)NC(B)(B)C(B)(B)N(CC)C1(B)B. The second-order valence-corrected chi connectivity index (χ2v) is 7.24. The lowest BCUT2D eigenvalue weighted by atomic mass is 9.27. The highest BCUT2D eigenvalue weighted by molar-refractivity contribution is 6.60. The van der Waals surface area contributed by atoms with Crippen molar-refractivity contribution in [2.75, 3.05) is 6.54 Å². The summed E-state index contributed by atoms with van der Waals surface area (Å²) in [6.45, 7) is 3.36. The third-order valence-electron chi connectivity index (χ3n) is 5.35. The van der Waals surface area contributed by atoms with E-state index in [2.05, 4.69) is 79.9 Å². The van der Waals surface area contributed by atoms with Crippen LogP contribution in [0.1, 0.15) is 6.92 Å².